The van der Waals surface area contributed by atoms with E-state index in [0.29, 0.717) is 48.6 Å². The summed E-state index contributed by atoms with van der Waals surface area (Å²) in [5.74, 6) is 15.8. The highest BCUT2D eigenvalue weighted by Gasteiger charge is 2.28. The van der Waals surface area contributed by atoms with Crippen molar-refractivity contribution in [2.24, 2.45) is 5.73 Å². The van der Waals surface area contributed by atoms with Gasteiger partial charge in [-0.3, -0.25) is 47.6 Å². The van der Waals surface area contributed by atoms with E-state index < -0.39 is 11.7 Å². The summed E-state index contributed by atoms with van der Waals surface area (Å²) in [6.45, 7) is 15.2. The Bertz CT molecular complexity index is 5450. The van der Waals surface area contributed by atoms with E-state index in [4.69, 9.17) is 25.4 Å². The van der Waals surface area contributed by atoms with Gasteiger partial charge in [-0.25, -0.2) is 64.6 Å². The molecule has 33 heteroatoms. The second-order valence-electron chi connectivity index (χ2n) is 27.9. The van der Waals surface area contributed by atoms with Gasteiger partial charge in [0.15, 0.2) is 0 Å². The molecule has 0 spiro atoms. The number of imidazole rings is 3. The van der Waals surface area contributed by atoms with Crippen LogP contribution in [0.4, 0.5) is 4.79 Å². The number of hydrogen-bond acceptors (Lipinski definition) is 25. The minimum Gasteiger partial charge on any atom is -0.444 e. The number of aromatic amines is 3. The fourth-order valence-electron chi connectivity index (χ4n) is 13.0. The molecular weight excluding hydrogens is 1480 g/mol. The average Bonchev–Trinajstić information content (AvgIpc) is 1.37. The van der Waals surface area contributed by atoms with Crippen molar-refractivity contribution in [3.8, 4) is 73.2 Å². The summed E-state index contributed by atoms with van der Waals surface area (Å²) in [6, 6.07) is 16.6. The number of thiophene rings is 3. The number of ether oxygens (including phenoxy) is 1. The fourth-order valence-corrected chi connectivity index (χ4v) is 15.0. The van der Waals surface area contributed by atoms with Crippen molar-refractivity contribution in [1.82, 2.24) is 114 Å². The van der Waals surface area contributed by atoms with Crippen LogP contribution in [0.3, 0.4) is 0 Å². The Kier molecular flexibility index (Phi) is 26.3. The third-order valence-electron chi connectivity index (χ3n) is 18.0. The van der Waals surface area contributed by atoms with Gasteiger partial charge in [0.05, 0.1) is 73.0 Å². The van der Waals surface area contributed by atoms with Crippen molar-refractivity contribution < 1.29 is 14.3 Å². The van der Waals surface area contributed by atoms with Gasteiger partial charge in [0.1, 0.15) is 42.1 Å². The molecule has 15 heterocycles. The molecular formula is C79H84N24O6S3. The van der Waals surface area contributed by atoms with Crippen LogP contribution in [-0.4, -0.2) is 180 Å². The summed E-state index contributed by atoms with van der Waals surface area (Å²) in [6.07, 6.45) is 30.3. The molecule has 12 aromatic rings. The zero-order chi connectivity index (χ0) is 77.8. The molecule has 3 fully saturated rings. The zero-order valence-corrected chi connectivity index (χ0v) is 64.7. The number of nitrogens with zero attached hydrogens (tertiary/aromatic N) is 18. The Balaban J connectivity index is 0.000000148. The van der Waals surface area contributed by atoms with Gasteiger partial charge in [-0.15, -0.1) is 34.0 Å². The topological polar surface area (TPSA) is 371 Å². The highest BCUT2D eigenvalue weighted by Crippen LogP contribution is 2.32. The smallest absolute Gasteiger partial charge is 0.408 e. The van der Waals surface area contributed by atoms with Gasteiger partial charge < -0.3 is 36.1 Å². The van der Waals surface area contributed by atoms with Crippen LogP contribution in [0.2, 0.25) is 0 Å². The predicted molar refractivity (Wildman–Crippen MR) is 428 cm³/mol. The molecule has 0 bridgehead atoms. The van der Waals surface area contributed by atoms with Crippen molar-refractivity contribution in [3.05, 3.63) is 234 Å². The second kappa shape index (κ2) is 37.6. The van der Waals surface area contributed by atoms with E-state index in [1.165, 1.54) is 6.92 Å². The Labute approximate surface area is 657 Å². The van der Waals surface area contributed by atoms with E-state index >= 15 is 0 Å². The number of carbonyl (C=O) groups is 2. The first-order chi connectivity index (χ1) is 54.4. The van der Waals surface area contributed by atoms with Gasteiger partial charge in [-0.1, -0.05) is 54.0 Å². The van der Waals surface area contributed by atoms with E-state index in [9.17, 15) is 24.0 Å². The van der Waals surface area contributed by atoms with Gasteiger partial charge in [0.2, 0.25) is 23.8 Å². The lowest BCUT2D eigenvalue weighted by Gasteiger charge is -2.31. The highest BCUT2D eigenvalue weighted by molar-refractivity contribution is 7.14. The summed E-state index contributed by atoms with van der Waals surface area (Å²) in [4.78, 5) is 133. The molecule has 0 aliphatic carbocycles. The standard InChI is InChI=1S/C29H32N8O3S.C26H26N8O2S.C24H26N8OS/c1-29(2,3)40-28(39)30-10-4-7-20-14-31-27(32-15-20)37-18-22(33-19-37)17-36-11-5-8-21(16-36)26-34-23(13-25(38)35-26)24-9-6-12-41-24;1-18(35)27-8-2-5-19-12-28-26(29-13-19)34-16-21(30-17-34)15-33-9-3-6-20(14-33)25-31-22(11-24(36)32-25)23-7-4-10-37-23;25-7-1-4-17-11-26-24(27-12-17)32-15-19(28-16-32)14-31-8-2-5-18(13-31)23-29-20(10-22(33)30-23)21-6-3-9-34-21/h6,9,12-15,18-19,21H,5,8,10-11,16-17H2,1-3H3,(H,30,39)(H,34,35,38);4,7,10-13,16-17,20H,3,6,8-9,14-15H2,1H3,(H,27,35)(H,31,32,36);1,3-4,6,9-12,15-16,18H,2,5,7-8,13-14,25H2,(H,29,30,33)/b;;4-1+. The number of alkyl carbamates (subject to hydrolysis) is 1. The third-order valence-corrected chi connectivity index (χ3v) is 20.7. The summed E-state index contributed by atoms with van der Waals surface area (Å²) >= 11 is 4.75. The average molecular weight is 1560 g/mol. The molecule has 574 valence electrons. The van der Waals surface area contributed by atoms with Crippen molar-refractivity contribution in [2.75, 3.05) is 58.9 Å². The molecule has 30 nitrogen and oxygen atoms in total. The maximum absolute atomic E-state index is 12.4. The van der Waals surface area contributed by atoms with Gasteiger partial charge in [0.25, 0.3) is 16.7 Å². The Hall–Kier alpha value is -12.0. The molecule has 3 atom stereocenters. The first-order valence-corrected chi connectivity index (χ1v) is 39.3. The summed E-state index contributed by atoms with van der Waals surface area (Å²) in [5, 5.41) is 11.2. The molecule has 0 aromatic carbocycles. The van der Waals surface area contributed by atoms with Crippen molar-refractivity contribution in [1.29, 1.82) is 0 Å². The van der Waals surface area contributed by atoms with Crippen LogP contribution in [0.25, 0.3) is 55.6 Å². The van der Waals surface area contributed by atoms with E-state index in [0.717, 1.165) is 156 Å². The molecule has 3 saturated heterocycles. The number of nitrogens with one attached hydrogen (secondary N) is 5. The molecule has 12 aromatic heterocycles. The lowest BCUT2D eigenvalue weighted by Crippen LogP contribution is -2.35. The minimum absolute atomic E-state index is 0.103. The highest BCUT2D eigenvalue weighted by atomic mass is 32.1. The molecule has 15 rings (SSSR count). The number of rotatable bonds is 19. The molecule has 3 aliphatic rings. The second-order valence-corrected chi connectivity index (χ2v) is 30.7. The van der Waals surface area contributed by atoms with Crippen molar-refractivity contribution in [2.45, 2.75) is 109 Å². The lowest BCUT2D eigenvalue weighted by molar-refractivity contribution is -0.118. The number of H-pyrrole nitrogens is 3. The quantitative estimate of drug-likeness (QED) is 0.0411. The first-order valence-electron chi connectivity index (χ1n) is 36.7. The van der Waals surface area contributed by atoms with Gasteiger partial charge in [-0.05, 0) is 113 Å². The minimum atomic E-state index is -0.555. The SMILES string of the molecule is CC(=O)NCC#Cc1cnc(-n2cnc(CN3CCCC(c4nc(-c5cccs5)cc(=O)[nH]4)C3)c2)nc1.CC(C)(C)OC(=O)NCC#Cc1cnc(-n2cnc(CN3CCCC(c4nc(-c5cccs5)cc(=O)[nH]4)C3)c2)nc1.NC/C=C/c1cnc(-n2cnc(CN3CCCC(c4nc(-c5cccs5)cc(=O)[nH]4)C3)c2)nc1. The maximum Gasteiger partial charge on any atom is 0.408 e. The first kappa shape index (κ1) is 78.2. The van der Waals surface area contributed by atoms with Crippen LogP contribution < -0.4 is 33.0 Å². The monoisotopic (exact) mass is 1560 g/mol. The number of carbonyl (C=O) groups excluding carboxylic acids is 2. The van der Waals surface area contributed by atoms with Gasteiger partial charge in [-0.2, -0.15) is 0 Å². The van der Waals surface area contributed by atoms with Crippen LogP contribution in [0.5, 0.6) is 0 Å². The molecule has 7 N–H and O–H groups in total. The van der Waals surface area contributed by atoms with Crippen molar-refractivity contribution in [3.63, 3.8) is 0 Å². The predicted octanol–water partition coefficient (Wildman–Crippen LogP) is 8.90. The maximum atomic E-state index is 12.4. The van der Waals surface area contributed by atoms with E-state index in [1.54, 1.807) is 138 Å². The summed E-state index contributed by atoms with van der Waals surface area (Å²) in [7, 11) is 0. The number of aromatic nitrogens is 18. The third kappa shape index (κ3) is 22.4. The van der Waals surface area contributed by atoms with Crippen LogP contribution in [-0.2, 0) is 29.2 Å². The summed E-state index contributed by atoms with van der Waals surface area (Å²) < 4.78 is 10.6. The van der Waals surface area contributed by atoms with Crippen LogP contribution in [0.15, 0.2) is 166 Å². The van der Waals surface area contributed by atoms with Crippen LogP contribution in [0.1, 0.15) is 135 Å². The Morgan fingerprint density at radius 2 is 0.911 bits per heavy atom. The number of piperidine rings is 3. The van der Waals surface area contributed by atoms with Crippen molar-refractivity contribution >= 4 is 52.1 Å². The normalized spacial score (nSPS) is 16.0. The molecule has 2 amide bonds. The van der Waals surface area contributed by atoms with Crippen LogP contribution in [0, 0.1) is 23.7 Å². The number of nitrogens with two attached hydrogens (primary N) is 1. The molecule has 0 saturated carbocycles. The lowest BCUT2D eigenvalue weighted by atomic mass is 9.97. The summed E-state index contributed by atoms with van der Waals surface area (Å²) in [5.41, 5.74) is 11.8. The van der Waals surface area contributed by atoms with Gasteiger partial charge >= 0.3 is 6.09 Å². The molecule has 0 radical (unpaired) electrons. The van der Waals surface area contributed by atoms with Crippen LogP contribution >= 0.6 is 34.0 Å². The number of hydrogen-bond donors (Lipinski definition) is 6. The largest absolute Gasteiger partial charge is 0.444 e. The van der Waals surface area contributed by atoms with E-state index in [1.807, 2.05) is 87.8 Å². The van der Waals surface area contributed by atoms with Gasteiger partial charge in [0, 0.05) is 150 Å². The molecule has 112 heavy (non-hydrogen) atoms. The Morgan fingerprint density at radius 1 is 0.545 bits per heavy atom. The van der Waals surface area contributed by atoms with E-state index in [-0.39, 0.29) is 53.4 Å². The van der Waals surface area contributed by atoms with E-state index in [2.05, 4.69) is 109 Å². The fraction of sp³-hybridized carbons (Fsp3) is 0.329. The molecule has 3 unspecified atom stereocenters. The zero-order valence-electron chi connectivity index (χ0n) is 62.3. The number of amides is 2. The Morgan fingerprint density at radius 3 is 1.25 bits per heavy atom. The number of likely N-dealkylation sites (tertiary alicyclic amines) is 3. The molecule has 3 aliphatic heterocycles.